The molecule has 1 unspecified atom stereocenters. The molecule has 0 saturated heterocycles. The summed E-state index contributed by atoms with van der Waals surface area (Å²) in [5.41, 5.74) is 1.83. The van der Waals surface area contributed by atoms with Gasteiger partial charge < -0.3 is 9.30 Å². The molecule has 1 saturated carbocycles. The predicted octanol–water partition coefficient (Wildman–Crippen LogP) is 4.68. The molecule has 10 nitrogen and oxygen atoms in total. The van der Waals surface area contributed by atoms with Crippen LogP contribution in [0.2, 0.25) is 25.7 Å². The van der Waals surface area contributed by atoms with E-state index in [0.717, 1.165) is 42.0 Å². The van der Waals surface area contributed by atoms with Crippen molar-refractivity contribution in [2.24, 2.45) is 5.92 Å². The third-order valence-electron chi connectivity index (χ3n) is 7.36. The third-order valence-corrected chi connectivity index (χ3v) is 9.06. The van der Waals surface area contributed by atoms with Crippen LogP contribution < -0.4 is 4.90 Å². The van der Waals surface area contributed by atoms with Gasteiger partial charge in [0.1, 0.15) is 18.7 Å². The molecule has 1 fully saturated rings. The predicted molar refractivity (Wildman–Crippen MR) is 146 cm³/mol. The molecule has 0 radical (unpaired) electrons. The van der Waals surface area contributed by atoms with E-state index in [1.165, 1.54) is 18.5 Å². The molecule has 1 aliphatic carbocycles. The van der Waals surface area contributed by atoms with Crippen molar-refractivity contribution in [3.05, 3.63) is 36.9 Å². The number of carbonyl (C=O) groups is 2. The van der Waals surface area contributed by atoms with Crippen LogP contribution in [0.3, 0.4) is 0 Å². The Bertz CT molecular complexity index is 1400. The van der Waals surface area contributed by atoms with Crippen LogP contribution in [0.15, 0.2) is 36.9 Å². The number of hydrogen-bond donors (Lipinski definition) is 0. The first-order chi connectivity index (χ1) is 18.3. The van der Waals surface area contributed by atoms with Gasteiger partial charge >= 0.3 is 0 Å². The second kappa shape index (κ2) is 10.6. The summed E-state index contributed by atoms with van der Waals surface area (Å²) in [6, 6.07) is 5.16. The molecule has 4 heterocycles. The molecule has 11 heteroatoms. The first-order valence-corrected chi connectivity index (χ1v) is 16.9. The van der Waals surface area contributed by atoms with E-state index in [1.807, 2.05) is 23.0 Å². The van der Waals surface area contributed by atoms with Gasteiger partial charge in [-0.15, -0.1) is 0 Å². The van der Waals surface area contributed by atoms with E-state index in [0.29, 0.717) is 42.6 Å². The van der Waals surface area contributed by atoms with E-state index in [4.69, 9.17) is 9.84 Å². The topological polar surface area (TPSA) is 119 Å². The lowest BCUT2D eigenvalue weighted by atomic mass is 9.96. The van der Waals surface area contributed by atoms with Crippen LogP contribution in [0.25, 0.3) is 22.3 Å². The molecule has 3 aromatic rings. The molecule has 5 rings (SSSR count). The first-order valence-electron chi connectivity index (χ1n) is 13.2. The largest absolute Gasteiger partial charge is 0.361 e. The SMILES string of the molecule is C[Si](C)(C)CCOCn1ccc2c(-c3cn(C(CC#N)C4CCCC4)nc3N3C(=O)C=CC3=O)ncnc21. The van der Waals surface area contributed by atoms with Crippen LogP contribution in [-0.2, 0) is 21.1 Å². The number of anilines is 1. The normalized spacial score (nSPS) is 17.2. The Morgan fingerprint density at radius 2 is 1.89 bits per heavy atom. The molecule has 2 aliphatic rings. The number of hydrogen-bond acceptors (Lipinski definition) is 7. The third kappa shape index (κ3) is 5.19. The quantitative estimate of drug-likeness (QED) is 0.212. The van der Waals surface area contributed by atoms with Crippen molar-refractivity contribution in [2.45, 2.75) is 70.6 Å². The van der Waals surface area contributed by atoms with Crippen molar-refractivity contribution >= 4 is 36.7 Å². The standard InChI is InChI=1S/C27H33N7O3Si/c1-38(2,3)15-14-37-18-32-13-11-20-25(29-17-30-26(20)32)21-16-33(22(10-12-28)19-6-4-5-7-19)31-27(21)34-23(35)8-9-24(34)36/h8-9,11,13,16-17,19,22H,4-7,10,14-15,18H2,1-3H3. The summed E-state index contributed by atoms with van der Waals surface area (Å²) >= 11 is 0. The summed E-state index contributed by atoms with van der Waals surface area (Å²) < 4.78 is 9.65. The average Bonchev–Trinajstić information content (AvgIpc) is 3.67. The zero-order chi connectivity index (χ0) is 26.9. The number of nitrogens with zero attached hydrogens (tertiary/aromatic N) is 7. The number of rotatable bonds is 10. The number of ether oxygens (including phenoxy) is 1. The molecule has 0 aromatic carbocycles. The van der Waals surface area contributed by atoms with Gasteiger partial charge in [0, 0.05) is 44.6 Å². The van der Waals surface area contributed by atoms with Crippen LogP contribution in [-0.4, -0.2) is 50.8 Å². The molecule has 0 spiro atoms. The smallest absolute Gasteiger partial charge is 0.259 e. The average molecular weight is 532 g/mol. The van der Waals surface area contributed by atoms with Gasteiger partial charge in [-0.1, -0.05) is 32.5 Å². The number of carbonyl (C=O) groups excluding carboxylic acids is 2. The highest BCUT2D eigenvalue weighted by molar-refractivity contribution is 6.76. The summed E-state index contributed by atoms with van der Waals surface area (Å²) in [4.78, 5) is 35.5. The zero-order valence-corrected chi connectivity index (χ0v) is 23.1. The lowest BCUT2D eigenvalue weighted by Gasteiger charge is -2.21. The Balaban J connectivity index is 1.54. The van der Waals surface area contributed by atoms with Gasteiger partial charge in [-0.2, -0.15) is 10.4 Å². The van der Waals surface area contributed by atoms with E-state index in [9.17, 15) is 14.9 Å². The second-order valence-corrected chi connectivity index (χ2v) is 16.9. The van der Waals surface area contributed by atoms with Crippen LogP contribution in [0.5, 0.6) is 0 Å². The molecule has 198 valence electrons. The monoisotopic (exact) mass is 531 g/mol. The number of aromatic nitrogens is 5. The molecule has 0 N–H and O–H groups in total. The Labute approximate surface area is 222 Å². The zero-order valence-electron chi connectivity index (χ0n) is 22.1. The summed E-state index contributed by atoms with van der Waals surface area (Å²) in [6.45, 7) is 8.02. The summed E-state index contributed by atoms with van der Waals surface area (Å²) in [7, 11) is -1.19. The second-order valence-electron chi connectivity index (χ2n) is 11.3. The van der Waals surface area contributed by atoms with Crippen LogP contribution in [0.1, 0.15) is 38.1 Å². The highest BCUT2D eigenvalue weighted by Crippen LogP contribution is 2.40. The number of imide groups is 1. The van der Waals surface area contributed by atoms with E-state index < -0.39 is 19.9 Å². The maximum atomic E-state index is 12.7. The van der Waals surface area contributed by atoms with Crippen LogP contribution >= 0.6 is 0 Å². The van der Waals surface area contributed by atoms with Crippen molar-refractivity contribution in [1.82, 2.24) is 24.3 Å². The molecule has 1 atom stereocenters. The van der Waals surface area contributed by atoms with E-state index in [2.05, 4.69) is 35.7 Å². The van der Waals surface area contributed by atoms with Crippen molar-refractivity contribution in [1.29, 1.82) is 5.26 Å². The molecule has 2 amide bonds. The Morgan fingerprint density at radius 1 is 1.16 bits per heavy atom. The fourth-order valence-electron chi connectivity index (χ4n) is 5.27. The molecule has 3 aromatic heterocycles. The maximum Gasteiger partial charge on any atom is 0.259 e. The first kappa shape index (κ1) is 26.0. The Kier molecular flexibility index (Phi) is 7.27. The Morgan fingerprint density at radius 3 is 2.58 bits per heavy atom. The maximum absolute atomic E-state index is 12.7. The molecule has 38 heavy (non-hydrogen) atoms. The van der Waals surface area contributed by atoms with Crippen LogP contribution in [0.4, 0.5) is 5.82 Å². The molecular formula is C27H33N7O3Si. The van der Waals surface area contributed by atoms with Gasteiger partial charge in [0.15, 0.2) is 5.82 Å². The fraction of sp³-hybridized carbons (Fsp3) is 0.481. The highest BCUT2D eigenvalue weighted by Gasteiger charge is 2.34. The Hall–Kier alpha value is -3.62. The highest BCUT2D eigenvalue weighted by atomic mass is 28.3. The lowest BCUT2D eigenvalue weighted by Crippen LogP contribution is -2.31. The molecule has 0 bridgehead atoms. The summed E-state index contributed by atoms with van der Waals surface area (Å²) in [6.07, 6.45) is 12.3. The summed E-state index contributed by atoms with van der Waals surface area (Å²) in [5.74, 6) is -0.348. The summed E-state index contributed by atoms with van der Waals surface area (Å²) in [5, 5.41) is 15.1. The number of fused-ring (bicyclic) bond motifs is 1. The van der Waals surface area contributed by atoms with Gasteiger partial charge in [-0.05, 0) is 30.9 Å². The van der Waals surface area contributed by atoms with E-state index in [1.54, 1.807) is 4.68 Å². The van der Waals surface area contributed by atoms with Crippen LogP contribution in [0, 0.1) is 17.2 Å². The van der Waals surface area contributed by atoms with E-state index >= 15 is 0 Å². The van der Waals surface area contributed by atoms with Gasteiger partial charge in [0.2, 0.25) is 0 Å². The minimum atomic E-state index is -1.19. The van der Waals surface area contributed by atoms with Gasteiger partial charge in [-0.25, -0.2) is 14.9 Å². The minimum Gasteiger partial charge on any atom is -0.361 e. The number of nitriles is 1. The fourth-order valence-corrected chi connectivity index (χ4v) is 6.03. The lowest BCUT2D eigenvalue weighted by molar-refractivity contribution is -0.120. The van der Waals surface area contributed by atoms with Gasteiger partial charge in [0.25, 0.3) is 11.8 Å². The van der Waals surface area contributed by atoms with Crippen molar-refractivity contribution in [3.63, 3.8) is 0 Å². The van der Waals surface area contributed by atoms with Crippen molar-refractivity contribution in [3.8, 4) is 17.3 Å². The number of amides is 2. The van der Waals surface area contributed by atoms with Crippen molar-refractivity contribution in [2.75, 3.05) is 11.5 Å². The van der Waals surface area contributed by atoms with Gasteiger partial charge in [-0.3, -0.25) is 14.3 Å². The molecular weight excluding hydrogens is 498 g/mol. The van der Waals surface area contributed by atoms with Gasteiger partial charge in [0.05, 0.1) is 29.8 Å². The minimum absolute atomic E-state index is 0.141. The molecule has 1 aliphatic heterocycles. The van der Waals surface area contributed by atoms with Crippen molar-refractivity contribution < 1.29 is 14.3 Å². The van der Waals surface area contributed by atoms with E-state index in [-0.39, 0.29) is 11.9 Å².